The Morgan fingerprint density at radius 2 is 1.39 bits per heavy atom. The van der Waals surface area contributed by atoms with Crippen LogP contribution in [-0.2, 0) is 19.6 Å². The number of piperazine rings is 1. The molecule has 0 radical (unpaired) electrons. The van der Waals surface area contributed by atoms with Gasteiger partial charge in [0, 0.05) is 26.2 Å². The fourth-order valence-electron chi connectivity index (χ4n) is 2.80. The second-order valence-electron chi connectivity index (χ2n) is 6.60. The van der Waals surface area contributed by atoms with E-state index in [9.17, 15) is 13.2 Å². The highest BCUT2D eigenvalue weighted by molar-refractivity contribution is 7.89. The average Bonchev–Trinajstić information content (AvgIpc) is 2.74. The molecule has 1 aliphatic rings. The van der Waals surface area contributed by atoms with Gasteiger partial charge in [0.25, 0.3) is 5.91 Å². The largest absolute Gasteiger partial charge is 0.473 e. The lowest BCUT2D eigenvalue weighted by Gasteiger charge is -2.34. The highest BCUT2D eigenvalue weighted by Gasteiger charge is 2.30. The van der Waals surface area contributed by atoms with Gasteiger partial charge in [-0.2, -0.15) is 4.31 Å². The number of carbonyl (C=O) groups is 3. The first kappa shape index (κ1) is 24.3. The first-order chi connectivity index (χ1) is 14.5. The number of carboxylic acid groups (broad SMARTS) is 2. The Balaban J connectivity index is 0.000000501. The van der Waals surface area contributed by atoms with Gasteiger partial charge < -0.3 is 15.1 Å². The van der Waals surface area contributed by atoms with Crippen LogP contribution in [0.2, 0.25) is 5.02 Å². The van der Waals surface area contributed by atoms with E-state index in [1.54, 1.807) is 53.4 Å². The first-order valence-electron chi connectivity index (χ1n) is 9.11. The lowest BCUT2D eigenvalue weighted by atomic mass is 10.2. The minimum atomic E-state index is -3.53. The van der Waals surface area contributed by atoms with Crippen LogP contribution in [0.25, 0.3) is 0 Å². The number of nitrogens with zero attached hydrogens (tertiary/aromatic N) is 2. The predicted molar refractivity (Wildman–Crippen MR) is 113 cm³/mol. The van der Waals surface area contributed by atoms with Crippen molar-refractivity contribution in [2.45, 2.75) is 11.8 Å². The van der Waals surface area contributed by atoms with Gasteiger partial charge in [-0.3, -0.25) is 4.79 Å². The fourth-order valence-corrected chi connectivity index (χ4v) is 4.43. The molecule has 1 saturated heterocycles. The van der Waals surface area contributed by atoms with E-state index in [2.05, 4.69) is 0 Å². The summed E-state index contributed by atoms with van der Waals surface area (Å²) < 4.78 is 26.8. The summed E-state index contributed by atoms with van der Waals surface area (Å²) in [6, 6.07) is 13.7. The minimum absolute atomic E-state index is 0.169. The Kier molecular flexibility index (Phi) is 8.14. The van der Waals surface area contributed by atoms with Crippen LogP contribution >= 0.6 is 11.6 Å². The number of carboxylic acids is 2. The van der Waals surface area contributed by atoms with Crippen molar-refractivity contribution in [2.24, 2.45) is 0 Å². The third kappa shape index (κ3) is 6.27. The molecule has 2 aromatic rings. The highest BCUT2D eigenvalue weighted by Crippen LogP contribution is 2.21. The van der Waals surface area contributed by atoms with E-state index in [1.807, 2.05) is 6.92 Å². The number of aryl methyl sites for hydroxylation is 1. The van der Waals surface area contributed by atoms with Crippen LogP contribution in [0.5, 0.6) is 0 Å². The van der Waals surface area contributed by atoms with Crippen LogP contribution in [0.4, 0.5) is 0 Å². The van der Waals surface area contributed by atoms with Gasteiger partial charge in [-0.25, -0.2) is 18.0 Å². The van der Waals surface area contributed by atoms with E-state index in [0.717, 1.165) is 5.56 Å². The second kappa shape index (κ2) is 10.4. The summed E-state index contributed by atoms with van der Waals surface area (Å²) in [5.74, 6) is -3.82. The number of halogens is 1. The van der Waals surface area contributed by atoms with Crippen LogP contribution in [0.3, 0.4) is 0 Å². The summed E-state index contributed by atoms with van der Waals surface area (Å²) in [5, 5.41) is 15.2. The molecule has 0 spiro atoms. The molecule has 1 amide bonds. The van der Waals surface area contributed by atoms with Crippen molar-refractivity contribution in [3.8, 4) is 0 Å². The molecule has 0 saturated carbocycles. The average molecular weight is 469 g/mol. The summed E-state index contributed by atoms with van der Waals surface area (Å²) in [6.07, 6.45) is 0. The maximum atomic E-state index is 12.7. The number of amides is 1. The molecular formula is C20H21ClN2O7S. The Morgan fingerprint density at radius 1 is 0.871 bits per heavy atom. The summed E-state index contributed by atoms with van der Waals surface area (Å²) in [4.78, 5) is 32.7. The zero-order valence-electron chi connectivity index (χ0n) is 16.6. The number of hydrogen-bond acceptors (Lipinski definition) is 5. The number of carbonyl (C=O) groups excluding carboxylic acids is 1. The van der Waals surface area contributed by atoms with Crippen molar-refractivity contribution in [2.75, 3.05) is 26.2 Å². The summed E-state index contributed by atoms with van der Waals surface area (Å²) in [6.45, 7) is 3.14. The van der Waals surface area contributed by atoms with Crippen LogP contribution in [0.15, 0.2) is 53.4 Å². The fraction of sp³-hybridized carbons (Fsp3) is 0.250. The summed E-state index contributed by atoms with van der Waals surface area (Å²) in [7, 11) is -3.53. The monoisotopic (exact) mass is 468 g/mol. The second-order valence-corrected chi connectivity index (χ2v) is 8.94. The maximum absolute atomic E-state index is 12.7. The van der Waals surface area contributed by atoms with Crippen molar-refractivity contribution in [3.63, 3.8) is 0 Å². The zero-order valence-corrected chi connectivity index (χ0v) is 18.1. The van der Waals surface area contributed by atoms with Crippen molar-refractivity contribution >= 4 is 39.5 Å². The third-order valence-corrected chi connectivity index (χ3v) is 6.71. The molecule has 0 aromatic heterocycles. The standard InChI is InChI=1S/C18H19ClN2O3S.C2H2O4/c1-14-6-8-15(9-7-14)25(23,24)21-12-10-20(11-13-21)18(22)16-4-2-3-5-17(16)19;3-1(4)2(5)6/h2-9H,10-13H2,1H3;(H,3,4)(H,5,6). The van der Waals surface area contributed by atoms with Gasteiger partial charge in [0.15, 0.2) is 0 Å². The molecule has 2 N–H and O–H groups in total. The molecule has 0 aliphatic carbocycles. The number of rotatable bonds is 3. The van der Waals surface area contributed by atoms with E-state index in [4.69, 9.17) is 31.4 Å². The zero-order chi connectivity index (χ0) is 23.2. The van der Waals surface area contributed by atoms with Crippen LogP contribution < -0.4 is 0 Å². The SMILES string of the molecule is Cc1ccc(S(=O)(=O)N2CCN(C(=O)c3ccccc3Cl)CC2)cc1.O=C(O)C(=O)O. The van der Waals surface area contributed by atoms with Gasteiger partial charge in [0.1, 0.15) is 0 Å². The van der Waals surface area contributed by atoms with Crippen molar-refractivity contribution < 1.29 is 33.0 Å². The van der Waals surface area contributed by atoms with Gasteiger partial charge in [-0.15, -0.1) is 0 Å². The molecule has 1 heterocycles. The van der Waals surface area contributed by atoms with Gasteiger partial charge in [-0.1, -0.05) is 41.4 Å². The smallest absolute Gasteiger partial charge is 0.414 e. The first-order valence-corrected chi connectivity index (χ1v) is 10.9. The Bertz CT molecular complexity index is 1050. The van der Waals surface area contributed by atoms with Crippen LogP contribution in [0, 0.1) is 6.92 Å². The minimum Gasteiger partial charge on any atom is -0.473 e. The topological polar surface area (TPSA) is 132 Å². The van der Waals surface area contributed by atoms with E-state index in [0.29, 0.717) is 23.7 Å². The maximum Gasteiger partial charge on any atom is 0.414 e. The van der Waals surface area contributed by atoms with E-state index < -0.39 is 22.0 Å². The molecule has 0 unspecified atom stereocenters. The van der Waals surface area contributed by atoms with Gasteiger partial charge in [0.05, 0.1) is 15.5 Å². The lowest BCUT2D eigenvalue weighted by molar-refractivity contribution is -0.159. The normalized spacial score (nSPS) is 14.3. The molecule has 1 fully saturated rings. The quantitative estimate of drug-likeness (QED) is 0.658. The molecule has 3 rings (SSSR count). The highest BCUT2D eigenvalue weighted by atomic mass is 35.5. The Hall–Kier alpha value is -2.95. The van der Waals surface area contributed by atoms with Gasteiger partial charge in [-0.05, 0) is 31.2 Å². The number of sulfonamides is 1. The van der Waals surface area contributed by atoms with E-state index in [1.165, 1.54) is 4.31 Å². The molecule has 1 aliphatic heterocycles. The molecule has 0 bridgehead atoms. The molecule has 2 aromatic carbocycles. The molecule has 11 heteroatoms. The van der Waals surface area contributed by atoms with Crippen molar-refractivity contribution in [1.29, 1.82) is 0 Å². The summed E-state index contributed by atoms with van der Waals surface area (Å²) >= 11 is 6.08. The number of hydrogen-bond donors (Lipinski definition) is 2. The van der Waals surface area contributed by atoms with E-state index in [-0.39, 0.29) is 23.9 Å². The lowest BCUT2D eigenvalue weighted by Crippen LogP contribution is -2.50. The Morgan fingerprint density at radius 3 is 1.87 bits per heavy atom. The molecular weight excluding hydrogens is 448 g/mol. The molecule has 0 atom stereocenters. The number of benzene rings is 2. The third-order valence-electron chi connectivity index (χ3n) is 4.47. The molecule has 166 valence electrons. The number of aliphatic carboxylic acids is 2. The van der Waals surface area contributed by atoms with Crippen LogP contribution in [0.1, 0.15) is 15.9 Å². The van der Waals surface area contributed by atoms with Crippen LogP contribution in [-0.4, -0.2) is 71.9 Å². The van der Waals surface area contributed by atoms with Gasteiger partial charge in [0.2, 0.25) is 10.0 Å². The van der Waals surface area contributed by atoms with Gasteiger partial charge >= 0.3 is 11.9 Å². The van der Waals surface area contributed by atoms with E-state index >= 15 is 0 Å². The molecule has 9 nitrogen and oxygen atoms in total. The Labute approximate surface area is 184 Å². The van der Waals surface area contributed by atoms with Crippen molar-refractivity contribution in [1.82, 2.24) is 9.21 Å². The summed E-state index contributed by atoms with van der Waals surface area (Å²) in [5.41, 5.74) is 1.45. The predicted octanol–water partition coefficient (Wildman–Crippen LogP) is 1.95. The molecule has 31 heavy (non-hydrogen) atoms. The van der Waals surface area contributed by atoms with Crippen molar-refractivity contribution in [3.05, 3.63) is 64.7 Å².